The molecule has 23 heavy (non-hydrogen) atoms. The predicted molar refractivity (Wildman–Crippen MR) is 85.9 cm³/mol. The lowest BCUT2D eigenvalue weighted by molar-refractivity contribution is 0.0600. The summed E-state index contributed by atoms with van der Waals surface area (Å²) in [5.41, 5.74) is 0.895. The molecule has 2 heterocycles. The SMILES string of the molecule is COC(=O)c1cc(Cl)cc(NC(=O)N2CC[C@@]3(CCOC3)C2)c1. The molecule has 2 saturated heterocycles. The Morgan fingerprint density at radius 2 is 2.17 bits per heavy atom. The summed E-state index contributed by atoms with van der Waals surface area (Å²) >= 11 is 6.00. The van der Waals surface area contributed by atoms with Crippen molar-refractivity contribution in [1.82, 2.24) is 4.90 Å². The molecule has 0 unspecified atom stereocenters. The molecule has 0 aromatic heterocycles. The minimum Gasteiger partial charge on any atom is -0.465 e. The van der Waals surface area contributed by atoms with Crippen LogP contribution in [-0.2, 0) is 9.47 Å². The van der Waals surface area contributed by atoms with Crippen molar-refractivity contribution in [2.24, 2.45) is 5.41 Å². The lowest BCUT2D eigenvalue weighted by Gasteiger charge is -2.22. The zero-order chi connectivity index (χ0) is 16.4. The number of likely N-dealkylation sites (tertiary alicyclic amines) is 1. The Hall–Kier alpha value is -1.79. The standard InChI is InChI=1S/C16H19ClN2O4/c1-22-14(20)11-6-12(17)8-13(7-11)18-15(21)19-4-2-16(9-19)3-5-23-10-16/h6-8H,2-5,9-10H2,1H3,(H,18,21)/t16-/m1/s1. The summed E-state index contributed by atoms with van der Waals surface area (Å²) in [4.78, 5) is 25.8. The molecule has 0 radical (unpaired) electrons. The molecule has 3 rings (SSSR count). The summed E-state index contributed by atoms with van der Waals surface area (Å²) < 4.78 is 10.2. The normalized spacial score (nSPS) is 23.3. The average molecular weight is 339 g/mol. The number of carbonyl (C=O) groups is 2. The molecule has 0 bridgehead atoms. The summed E-state index contributed by atoms with van der Waals surface area (Å²) in [6, 6.07) is 4.48. The van der Waals surface area contributed by atoms with E-state index in [4.69, 9.17) is 16.3 Å². The van der Waals surface area contributed by atoms with Crippen molar-refractivity contribution in [3.05, 3.63) is 28.8 Å². The smallest absolute Gasteiger partial charge is 0.337 e. The number of rotatable bonds is 2. The zero-order valence-corrected chi connectivity index (χ0v) is 13.7. The fraction of sp³-hybridized carbons (Fsp3) is 0.500. The van der Waals surface area contributed by atoms with Crippen LogP contribution in [-0.4, -0.2) is 50.3 Å². The van der Waals surface area contributed by atoms with Crippen molar-refractivity contribution in [3.63, 3.8) is 0 Å². The lowest BCUT2D eigenvalue weighted by atomic mass is 9.87. The van der Waals surface area contributed by atoms with Gasteiger partial charge in [0.05, 0.1) is 19.3 Å². The van der Waals surface area contributed by atoms with Crippen LogP contribution < -0.4 is 5.32 Å². The number of amides is 2. The van der Waals surface area contributed by atoms with Crippen LogP contribution in [0.1, 0.15) is 23.2 Å². The number of hydrogen-bond donors (Lipinski definition) is 1. The van der Waals surface area contributed by atoms with E-state index in [-0.39, 0.29) is 11.4 Å². The number of benzene rings is 1. The van der Waals surface area contributed by atoms with Gasteiger partial charge < -0.3 is 19.7 Å². The van der Waals surface area contributed by atoms with Gasteiger partial charge in [0, 0.05) is 35.8 Å². The minimum atomic E-state index is -0.494. The van der Waals surface area contributed by atoms with E-state index < -0.39 is 5.97 Å². The molecule has 2 aliphatic rings. The van der Waals surface area contributed by atoms with Crippen molar-refractivity contribution >= 4 is 29.3 Å². The highest BCUT2D eigenvalue weighted by atomic mass is 35.5. The van der Waals surface area contributed by atoms with Crippen LogP contribution in [0.4, 0.5) is 10.5 Å². The van der Waals surface area contributed by atoms with Crippen molar-refractivity contribution in [1.29, 1.82) is 0 Å². The molecule has 1 aromatic rings. The maximum atomic E-state index is 12.4. The van der Waals surface area contributed by atoms with Gasteiger partial charge in [-0.2, -0.15) is 0 Å². The molecule has 1 N–H and O–H groups in total. The third kappa shape index (κ3) is 3.43. The van der Waals surface area contributed by atoms with Gasteiger partial charge >= 0.3 is 12.0 Å². The fourth-order valence-corrected chi connectivity index (χ4v) is 3.41. The van der Waals surface area contributed by atoms with Gasteiger partial charge in [-0.3, -0.25) is 0 Å². The maximum absolute atomic E-state index is 12.4. The molecule has 2 amide bonds. The zero-order valence-electron chi connectivity index (χ0n) is 12.9. The number of hydrogen-bond acceptors (Lipinski definition) is 4. The molecule has 0 saturated carbocycles. The summed E-state index contributed by atoms with van der Waals surface area (Å²) in [6.07, 6.45) is 1.96. The highest BCUT2D eigenvalue weighted by molar-refractivity contribution is 6.31. The van der Waals surface area contributed by atoms with Crippen LogP contribution in [0.15, 0.2) is 18.2 Å². The largest absolute Gasteiger partial charge is 0.465 e. The van der Waals surface area contributed by atoms with Crippen LogP contribution in [0, 0.1) is 5.41 Å². The molecule has 7 heteroatoms. The van der Waals surface area contributed by atoms with E-state index in [0.717, 1.165) is 26.1 Å². The summed E-state index contributed by atoms with van der Waals surface area (Å²) in [5, 5.41) is 3.17. The number of nitrogens with one attached hydrogen (secondary N) is 1. The van der Waals surface area contributed by atoms with E-state index in [1.165, 1.54) is 13.2 Å². The number of carbonyl (C=O) groups excluding carboxylic acids is 2. The molecule has 1 aromatic carbocycles. The third-order valence-electron chi connectivity index (χ3n) is 4.48. The Morgan fingerprint density at radius 1 is 1.35 bits per heavy atom. The monoisotopic (exact) mass is 338 g/mol. The van der Waals surface area contributed by atoms with Gasteiger partial charge in [-0.05, 0) is 31.0 Å². The summed E-state index contributed by atoms with van der Waals surface area (Å²) in [5.74, 6) is -0.494. The van der Waals surface area contributed by atoms with Gasteiger partial charge in [0.25, 0.3) is 0 Å². The van der Waals surface area contributed by atoms with Gasteiger partial charge in [0.1, 0.15) is 0 Å². The minimum absolute atomic E-state index is 0.114. The number of ether oxygens (including phenoxy) is 2. The van der Waals surface area contributed by atoms with E-state index in [1.807, 2.05) is 0 Å². The first kappa shape index (κ1) is 16.1. The van der Waals surface area contributed by atoms with Crippen LogP contribution in [0.25, 0.3) is 0 Å². The molecule has 1 spiro atoms. The fourth-order valence-electron chi connectivity index (χ4n) is 3.18. The number of halogens is 1. The van der Waals surface area contributed by atoms with Gasteiger partial charge in [-0.1, -0.05) is 11.6 Å². The van der Waals surface area contributed by atoms with Crippen LogP contribution in [0.2, 0.25) is 5.02 Å². The Morgan fingerprint density at radius 3 is 2.87 bits per heavy atom. The van der Waals surface area contributed by atoms with Crippen molar-refractivity contribution in [2.45, 2.75) is 12.8 Å². The Balaban J connectivity index is 1.68. The molecule has 1 atom stereocenters. The third-order valence-corrected chi connectivity index (χ3v) is 4.70. The van der Waals surface area contributed by atoms with Crippen molar-refractivity contribution < 1.29 is 19.1 Å². The van der Waals surface area contributed by atoms with Gasteiger partial charge in [-0.25, -0.2) is 9.59 Å². The topological polar surface area (TPSA) is 67.9 Å². The quantitative estimate of drug-likeness (QED) is 0.842. The van der Waals surface area contributed by atoms with E-state index in [2.05, 4.69) is 10.1 Å². The average Bonchev–Trinajstić information content (AvgIpc) is 3.16. The molecule has 6 nitrogen and oxygen atoms in total. The summed E-state index contributed by atoms with van der Waals surface area (Å²) in [7, 11) is 1.30. The highest BCUT2D eigenvalue weighted by Crippen LogP contribution is 2.38. The van der Waals surface area contributed by atoms with Gasteiger partial charge in [0.2, 0.25) is 0 Å². The van der Waals surface area contributed by atoms with Crippen LogP contribution in [0.3, 0.4) is 0 Å². The van der Waals surface area contributed by atoms with E-state index in [0.29, 0.717) is 29.4 Å². The molecular formula is C16H19ClN2O4. The molecule has 2 fully saturated rings. The molecule has 0 aliphatic carbocycles. The second-order valence-electron chi connectivity index (χ2n) is 6.12. The number of methoxy groups -OCH3 is 1. The number of urea groups is 1. The Bertz CT molecular complexity index is 629. The highest BCUT2D eigenvalue weighted by Gasteiger charge is 2.42. The predicted octanol–water partition coefficient (Wildman–Crippen LogP) is 2.77. The van der Waals surface area contributed by atoms with E-state index in [9.17, 15) is 9.59 Å². The first-order valence-corrected chi connectivity index (χ1v) is 7.92. The Kier molecular flexibility index (Phi) is 4.46. The first-order chi connectivity index (χ1) is 11.0. The van der Waals surface area contributed by atoms with Crippen LogP contribution >= 0.6 is 11.6 Å². The van der Waals surface area contributed by atoms with Crippen molar-refractivity contribution in [2.75, 3.05) is 38.7 Å². The number of esters is 1. The van der Waals surface area contributed by atoms with Crippen LogP contribution in [0.5, 0.6) is 0 Å². The maximum Gasteiger partial charge on any atom is 0.337 e. The molecular weight excluding hydrogens is 320 g/mol. The second kappa shape index (κ2) is 6.37. The lowest BCUT2D eigenvalue weighted by Crippen LogP contribution is -2.35. The van der Waals surface area contributed by atoms with E-state index in [1.54, 1.807) is 17.0 Å². The summed E-state index contributed by atoms with van der Waals surface area (Å²) in [6.45, 7) is 2.90. The van der Waals surface area contributed by atoms with Crippen molar-refractivity contribution in [3.8, 4) is 0 Å². The van der Waals surface area contributed by atoms with E-state index >= 15 is 0 Å². The first-order valence-electron chi connectivity index (χ1n) is 7.54. The molecule has 2 aliphatic heterocycles. The Labute approximate surface area is 139 Å². The second-order valence-corrected chi connectivity index (χ2v) is 6.56. The number of nitrogens with zero attached hydrogens (tertiary/aromatic N) is 1. The molecule has 124 valence electrons. The van der Waals surface area contributed by atoms with Gasteiger partial charge in [0.15, 0.2) is 0 Å². The van der Waals surface area contributed by atoms with Gasteiger partial charge in [-0.15, -0.1) is 0 Å². The number of anilines is 1.